The van der Waals surface area contributed by atoms with Gasteiger partial charge in [-0.05, 0) is 43.0 Å². The van der Waals surface area contributed by atoms with Crippen molar-refractivity contribution in [2.24, 2.45) is 4.99 Å². The van der Waals surface area contributed by atoms with Crippen molar-refractivity contribution in [3.63, 3.8) is 0 Å². The summed E-state index contributed by atoms with van der Waals surface area (Å²) >= 11 is 1.64. The Bertz CT molecular complexity index is 657. The average Bonchev–Trinajstić information content (AvgIpc) is 2.59. The number of nitrogens with zero attached hydrogens (tertiary/aromatic N) is 3. The first-order valence-corrected chi connectivity index (χ1v) is 8.41. The van der Waals surface area contributed by atoms with Crippen molar-refractivity contribution < 1.29 is 0 Å². The van der Waals surface area contributed by atoms with E-state index < -0.39 is 0 Å². The molecule has 4 heteroatoms. The highest BCUT2D eigenvalue weighted by Gasteiger charge is 2.11. The Labute approximate surface area is 136 Å². The summed E-state index contributed by atoms with van der Waals surface area (Å²) in [4.78, 5) is 6.90. The molecule has 0 spiro atoms. The van der Waals surface area contributed by atoms with Crippen LogP contribution < -0.4 is 4.90 Å². The van der Waals surface area contributed by atoms with Crippen LogP contribution in [0.5, 0.6) is 0 Å². The van der Waals surface area contributed by atoms with Crippen LogP contribution in [0.1, 0.15) is 18.1 Å². The highest BCUT2D eigenvalue weighted by Crippen LogP contribution is 2.19. The minimum atomic E-state index is 0.670. The van der Waals surface area contributed by atoms with E-state index in [2.05, 4.69) is 30.0 Å². The number of aliphatic imine (C=N–C) groups is 1. The molecule has 0 aliphatic carbocycles. The molecule has 2 rings (SSSR count). The van der Waals surface area contributed by atoms with Crippen molar-refractivity contribution in [3.8, 4) is 6.07 Å². The Kier molecular flexibility index (Phi) is 6.05. The van der Waals surface area contributed by atoms with Gasteiger partial charge in [-0.2, -0.15) is 5.26 Å². The normalized spacial score (nSPS) is 11.0. The fraction of sp³-hybridized carbons (Fsp3) is 0.222. The first kappa shape index (κ1) is 16.1. The van der Waals surface area contributed by atoms with Crippen molar-refractivity contribution >= 4 is 22.6 Å². The molecule has 0 bridgehead atoms. The van der Waals surface area contributed by atoms with Crippen molar-refractivity contribution in [2.75, 3.05) is 17.7 Å². The number of nitriles is 1. The summed E-state index contributed by atoms with van der Waals surface area (Å²) in [5, 5.41) is 9.88. The summed E-state index contributed by atoms with van der Waals surface area (Å²) in [7, 11) is 0. The molecule has 0 N–H and O–H groups in total. The second kappa shape index (κ2) is 8.26. The third-order valence-corrected chi connectivity index (χ3v) is 3.99. The minimum absolute atomic E-state index is 0.670. The van der Waals surface area contributed by atoms with E-state index >= 15 is 0 Å². The van der Waals surface area contributed by atoms with Gasteiger partial charge in [-0.25, -0.2) is 0 Å². The lowest BCUT2D eigenvalue weighted by molar-refractivity contribution is 1.02. The molecule has 0 aliphatic heterocycles. The number of benzene rings is 2. The second-order valence-electron chi connectivity index (χ2n) is 4.69. The monoisotopic (exact) mass is 309 g/mol. The average molecular weight is 309 g/mol. The molecule has 0 saturated carbocycles. The number of hydrogen-bond acceptors (Lipinski definition) is 3. The van der Waals surface area contributed by atoms with E-state index in [0.29, 0.717) is 12.1 Å². The van der Waals surface area contributed by atoms with Crippen LogP contribution in [0.25, 0.3) is 0 Å². The Morgan fingerprint density at radius 1 is 1.14 bits per heavy atom. The molecule has 112 valence electrons. The Balaban J connectivity index is 2.20. The molecule has 0 radical (unpaired) electrons. The number of thioether (sulfide) groups is 1. The Morgan fingerprint density at radius 3 is 2.36 bits per heavy atom. The first-order chi connectivity index (χ1) is 10.8. The molecule has 0 heterocycles. The maximum Gasteiger partial charge on any atom is 0.163 e. The predicted molar refractivity (Wildman–Crippen MR) is 95.3 cm³/mol. The van der Waals surface area contributed by atoms with Crippen LogP contribution in [0.15, 0.2) is 59.6 Å². The summed E-state index contributed by atoms with van der Waals surface area (Å²) in [5.41, 5.74) is 2.93. The Morgan fingerprint density at radius 2 is 1.82 bits per heavy atom. The van der Waals surface area contributed by atoms with Crippen LogP contribution in [-0.4, -0.2) is 18.0 Å². The van der Waals surface area contributed by atoms with Gasteiger partial charge in [0.25, 0.3) is 0 Å². The maximum atomic E-state index is 8.90. The summed E-state index contributed by atoms with van der Waals surface area (Å²) in [6.07, 6.45) is 2.04. The van der Waals surface area contributed by atoms with E-state index in [0.717, 1.165) is 17.4 Å². The summed E-state index contributed by atoms with van der Waals surface area (Å²) in [5.74, 6) is 0. The zero-order valence-electron chi connectivity index (χ0n) is 12.9. The summed E-state index contributed by atoms with van der Waals surface area (Å²) in [6, 6.07) is 20.0. The van der Waals surface area contributed by atoms with E-state index in [1.54, 1.807) is 11.8 Å². The van der Waals surface area contributed by atoms with E-state index in [1.165, 1.54) is 5.56 Å². The van der Waals surface area contributed by atoms with Gasteiger partial charge in [0.15, 0.2) is 5.17 Å². The molecule has 0 fully saturated rings. The minimum Gasteiger partial charge on any atom is -0.322 e. The zero-order chi connectivity index (χ0) is 15.8. The zero-order valence-corrected chi connectivity index (χ0v) is 13.7. The van der Waals surface area contributed by atoms with Gasteiger partial charge in [-0.1, -0.05) is 42.1 Å². The van der Waals surface area contributed by atoms with E-state index in [1.807, 2.05) is 48.7 Å². The van der Waals surface area contributed by atoms with Crippen LogP contribution in [0.2, 0.25) is 0 Å². The van der Waals surface area contributed by atoms with Crippen LogP contribution in [0, 0.1) is 11.3 Å². The third-order valence-electron chi connectivity index (χ3n) is 3.28. The lowest BCUT2D eigenvalue weighted by Crippen LogP contribution is -2.28. The first-order valence-electron chi connectivity index (χ1n) is 7.18. The summed E-state index contributed by atoms with van der Waals surface area (Å²) in [6.45, 7) is 3.61. The van der Waals surface area contributed by atoms with E-state index in [-0.39, 0.29) is 0 Å². The molecule has 3 nitrogen and oxygen atoms in total. The molecule has 0 aliphatic rings. The van der Waals surface area contributed by atoms with Crippen molar-refractivity contribution in [3.05, 3.63) is 65.7 Å². The quantitative estimate of drug-likeness (QED) is 0.624. The molecule has 0 aromatic heterocycles. The molecule has 2 aromatic carbocycles. The van der Waals surface area contributed by atoms with E-state index in [4.69, 9.17) is 10.3 Å². The van der Waals surface area contributed by atoms with Crippen molar-refractivity contribution in [2.45, 2.75) is 13.5 Å². The van der Waals surface area contributed by atoms with E-state index in [9.17, 15) is 0 Å². The van der Waals surface area contributed by atoms with Gasteiger partial charge in [-0.15, -0.1) is 0 Å². The number of hydrogen-bond donors (Lipinski definition) is 0. The fourth-order valence-corrected chi connectivity index (χ4v) is 2.80. The lowest BCUT2D eigenvalue weighted by Gasteiger charge is -2.23. The largest absolute Gasteiger partial charge is 0.322 e. The van der Waals surface area contributed by atoms with Crippen LogP contribution >= 0.6 is 11.8 Å². The van der Waals surface area contributed by atoms with Crippen molar-refractivity contribution in [1.82, 2.24) is 0 Å². The van der Waals surface area contributed by atoms with Gasteiger partial charge in [0, 0.05) is 12.2 Å². The second-order valence-corrected chi connectivity index (χ2v) is 5.46. The molecule has 22 heavy (non-hydrogen) atoms. The molecular formula is C18H19N3S. The van der Waals surface area contributed by atoms with Crippen LogP contribution in [0.3, 0.4) is 0 Å². The molecule has 0 unspecified atom stereocenters. The van der Waals surface area contributed by atoms with Crippen LogP contribution in [-0.2, 0) is 6.54 Å². The molecule has 0 atom stereocenters. The van der Waals surface area contributed by atoms with Gasteiger partial charge in [0.2, 0.25) is 0 Å². The van der Waals surface area contributed by atoms with Crippen molar-refractivity contribution in [1.29, 1.82) is 5.26 Å². The SMILES string of the molecule is CCN(C(=NCc1ccccc1)SC)c1ccc(C#N)cc1. The number of amidine groups is 1. The summed E-state index contributed by atoms with van der Waals surface area (Å²) < 4.78 is 0. The van der Waals surface area contributed by atoms with Gasteiger partial charge in [0.1, 0.15) is 0 Å². The van der Waals surface area contributed by atoms with Gasteiger partial charge < -0.3 is 4.90 Å². The predicted octanol–water partition coefficient (Wildman–Crippen LogP) is 4.30. The highest BCUT2D eigenvalue weighted by atomic mass is 32.2. The molecular weight excluding hydrogens is 290 g/mol. The smallest absolute Gasteiger partial charge is 0.163 e. The Hall–Kier alpha value is -2.25. The molecule has 2 aromatic rings. The molecule has 0 saturated heterocycles. The van der Waals surface area contributed by atoms with Gasteiger partial charge in [0.05, 0.1) is 18.2 Å². The standard InChI is InChI=1S/C18H19N3S/c1-3-21(17-11-9-15(13-19)10-12-17)18(22-2)20-14-16-7-5-4-6-8-16/h4-12H,3,14H2,1-2H3. The van der Waals surface area contributed by atoms with Crippen LogP contribution in [0.4, 0.5) is 5.69 Å². The topological polar surface area (TPSA) is 39.4 Å². The maximum absolute atomic E-state index is 8.90. The number of rotatable bonds is 4. The lowest BCUT2D eigenvalue weighted by atomic mass is 10.2. The highest BCUT2D eigenvalue weighted by molar-refractivity contribution is 8.13. The molecule has 0 amide bonds. The van der Waals surface area contributed by atoms with Gasteiger partial charge in [-0.3, -0.25) is 4.99 Å². The fourth-order valence-electron chi connectivity index (χ4n) is 2.15. The van der Waals surface area contributed by atoms with Gasteiger partial charge >= 0.3 is 0 Å². The number of anilines is 1. The third kappa shape index (κ3) is 4.12.